The van der Waals surface area contributed by atoms with Gasteiger partial charge in [0.05, 0.1) is 5.60 Å². The molecule has 1 aliphatic carbocycles. The van der Waals surface area contributed by atoms with E-state index in [4.69, 9.17) is 5.73 Å². The molecular weight excluding hydrogens is 188 g/mol. The van der Waals surface area contributed by atoms with Crippen molar-refractivity contribution in [3.05, 3.63) is 23.9 Å². The summed E-state index contributed by atoms with van der Waals surface area (Å²) in [6, 6.07) is 3.78. The van der Waals surface area contributed by atoms with E-state index in [1.807, 2.05) is 12.1 Å². The van der Waals surface area contributed by atoms with Crippen molar-refractivity contribution in [2.75, 3.05) is 5.73 Å². The van der Waals surface area contributed by atoms with Crippen LogP contribution in [0.1, 0.15) is 31.7 Å². The summed E-state index contributed by atoms with van der Waals surface area (Å²) in [5, 5.41) is 10.3. The first kappa shape index (κ1) is 10.4. The first-order chi connectivity index (χ1) is 7.07. The first-order valence-electron chi connectivity index (χ1n) is 5.50. The van der Waals surface area contributed by atoms with Crippen LogP contribution in [0.25, 0.3) is 0 Å². The van der Waals surface area contributed by atoms with E-state index in [2.05, 4.69) is 11.9 Å². The van der Waals surface area contributed by atoms with Crippen molar-refractivity contribution in [3.8, 4) is 0 Å². The number of rotatable bonds is 2. The summed E-state index contributed by atoms with van der Waals surface area (Å²) in [7, 11) is 0. The van der Waals surface area contributed by atoms with Gasteiger partial charge in [-0.2, -0.15) is 0 Å². The molecule has 0 bridgehead atoms. The molecule has 82 valence electrons. The Morgan fingerprint density at radius 1 is 1.67 bits per heavy atom. The second kappa shape index (κ2) is 3.81. The second-order valence-corrected chi connectivity index (χ2v) is 4.84. The molecule has 1 saturated carbocycles. The Kier molecular flexibility index (Phi) is 2.65. The van der Waals surface area contributed by atoms with Crippen molar-refractivity contribution in [1.82, 2.24) is 4.98 Å². The first-order valence-corrected chi connectivity index (χ1v) is 5.50. The largest absolute Gasteiger partial charge is 0.390 e. The fraction of sp³-hybridized carbons (Fsp3) is 0.583. The fourth-order valence-electron chi connectivity index (χ4n) is 2.51. The van der Waals surface area contributed by atoms with Crippen LogP contribution < -0.4 is 5.73 Å². The topological polar surface area (TPSA) is 59.1 Å². The summed E-state index contributed by atoms with van der Waals surface area (Å²) in [4.78, 5) is 3.95. The van der Waals surface area contributed by atoms with Crippen molar-refractivity contribution >= 4 is 5.82 Å². The molecule has 2 rings (SSSR count). The molecule has 3 N–H and O–H groups in total. The van der Waals surface area contributed by atoms with E-state index < -0.39 is 5.60 Å². The lowest BCUT2D eigenvalue weighted by atomic mass is 9.92. The number of nitrogens with two attached hydrogens (primary N) is 1. The van der Waals surface area contributed by atoms with Crippen LogP contribution in [0.4, 0.5) is 5.82 Å². The molecule has 3 heteroatoms. The number of nitrogen functional groups attached to an aromatic ring is 1. The highest BCUT2D eigenvalue weighted by atomic mass is 16.3. The van der Waals surface area contributed by atoms with Crippen LogP contribution >= 0.6 is 0 Å². The van der Waals surface area contributed by atoms with E-state index in [1.165, 1.54) is 0 Å². The molecule has 15 heavy (non-hydrogen) atoms. The van der Waals surface area contributed by atoms with Gasteiger partial charge in [0.15, 0.2) is 0 Å². The lowest BCUT2D eigenvalue weighted by Crippen LogP contribution is -2.27. The maximum Gasteiger partial charge on any atom is 0.123 e. The summed E-state index contributed by atoms with van der Waals surface area (Å²) in [6.07, 6.45) is 5.32. The maximum absolute atomic E-state index is 10.3. The number of aromatic nitrogens is 1. The summed E-state index contributed by atoms with van der Waals surface area (Å²) in [6.45, 7) is 2.19. The van der Waals surface area contributed by atoms with E-state index in [-0.39, 0.29) is 0 Å². The van der Waals surface area contributed by atoms with Crippen molar-refractivity contribution in [3.63, 3.8) is 0 Å². The highest BCUT2D eigenvalue weighted by Crippen LogP contribution is 2.36. The molecule has 1 fully saturated rings. The molecule has 0 saturated heterocycles. The van der Waals surface area contributed by atoms with E-state index in [0.29, 0.717) is 18.2 Å². The predicted octanol–water partition coefficient (Wildman–Crippen LogP) is 1.76. The standard InChI is InChI=1S/C12H18N2O/c1-9-2-4-12(15,7-9)8-10-3-5-14-11(13)6-10/h3,5-6,9,15H,2,4,7-8H2,1H3,(H2,13,14). The van der Waals surface area contributed by atoms with Crippen LogP contribution in [0, 0.1) is 5.92 Å². The number of hydrogen-bond donors (Lipinski definition) is 2. The number of pyridine rings is 1. The average molecular weight is 206 g/mol. The minimum atomic E-state index is -0.521. The molecule has 2 unspecified atom stereocenters. The monoisotopic (exact) mass is 206 g/mol. The third-order valence-electron chi connectivity index (χ3n) is 3.21. The van der Waals surface area contributed by atoms with E-state index in [9.17, 15) is 5.11 Å². The Morgan fingerprint density at radius 2 is 2.47 bits per heavy atom. The average Bonchev–Trinajstić information content (AvgIpc) is 2.45. The smallest absolute Gasteiger partial charge is 0.123 e. The molecule has 2 atom stereocenters. The molecule has 1 heterocycles. The molecule has 1 aromatic heterocycles. The van der Waals surface area contributed by atoms with Crippen LogP contribution in [0.5, 0.6) is 0 Å². The molecule has 3 nitrogen and oxygen atoms in total. The fourth-order valence-corrected chi connectivity index (χ4v) is 2.51. The Balaban J connectivity index is 2.08. The van der Waals surface area contributed by atoms with Gasteiger partial charge in [-0.05, 0) is 42.9 Å². The maximum atomic E-state index is 10.3. The molecule has 0 amide bonds. The zero-order chi connectivity index (χ0) is 10.9. The van der Waals surface area contributed by atoms with Crippen LogP contribution in [0.3, 0.4) is 0 Å². The highest BCUT2D eigenvalue weighted by molar-refractivity contribution is 5.32. The van der Waals surface area contributed by atoms with Gasteiger partial charge >= 0.3 is 0 Å². The Morgan fingerprint density at radius 3 is 3.07 bits per heavy atom. The van der Waals surface area contributed by atoms with E-state index in [1.54, 1.807) is 6.20 Å². The number of nitrogens with zero attached hydrogens (tertiary/aromatic N) is 1. The van der Waals surface area contributed by atoms with Crippen LogP contribution in [0.15, 0.2) is 18.3 Å². The summed E-state index contributed by atoms with van der Waals surface area (Å²) >= 11 is 0. The SMILES string of the molecule is CC1CCC(O)(Cc2ccnc(N)c2)C1. The summed E-state index contributed by atoms with van der Waals surface area (Å²) < 4.78 is 0. The Bertz CT molecular complexity index is 353. The third kappa shape index (κ3) is 2.48. The van der Waals surface area contributed by atoms with Gasteiger partial charge in [0.1, 0.15) is 5.82 Å². The number of aliphatic hydroxyl groups is 1. The molecule has 0 spiro atoms. The van der Waals surface area contributed by atoms with Crippen molar-refractivity contribution in [2.24, 2.45) is 5.92 Å². The van der Waals surface area contributed by atoms with Gasteiger partial charge in [-0.25, -0.2) is 4.98 Å². The van der Waals surface area contributed by atoms with Gasteiger partial charge in [0.25, 0.3) is 0 Å². The Hall–Kier alpha value is -1.09. The van der Waals surface area contributed by atoms with Gasteiger partial charge in [0, 0.05) is 12.6 Å². The van der Waals surface area contributed by atoms with Gasteiger partial charge < -0.3 is 10.8 Å². The number of hydrogen-bond acceptors (Lipinski definition) is 3. The lowest BCUT2D eigenvalue weighted by Gasteiger charge is -2.22. The predicted molar refractivity (Wildman–Crippen MR) is 60.3 cm³/mol. The zero-order valence-corrected chi connectivity index (χ0v) is 9.11. The van der Waals surface area contributed by atoms with E-state index in [0.717, 1.165) is 24.8 Å². The summed E-state index contributed by atoms with van der Waals surface area (Å²) in [5.74, 6) is 1.16. The summed E-state index contributed by atoms with van der Waals surface area (Å²) in [5.41, 5.74) is 6.17. The van der Waals surface area contributed by atoms with Gasteiger partial charge in [-0.3, -0.25) is 0 Å². The van der Waals surface area contributed by atoms with Gasteiger partial charge in [-0.15, -0.1) is 0 Å². The van der Waals surface area contributed by atoms with Crippen molar-refractivity contribution in [1.29, 1.82) is 0 Å². The zero-order valence-electron chi connectivity index (χ0n) is 9.11. The molecule has 0 aliphatic heterocycles. The molecular formula is C12H18N2O. The van der Waals surface area contributed by atoms with E-state index >= 15 is 0 Å². The third-order valence-corrected chi connectivity index (χ3v) is 3.21. The van der Waals surface area contributed by atoms with Gasteiger partial charge in [0.2, 0.25) is 0 Å². The van der Waals surface area contributed by atoms with Crippen LogP contribution in [-0.4, -0.2) is 15.7 Å². The Labute approximate surface area is 90.3 Å². The lowest BCUT2D eigenvalue weighted by molar-refractivity contribution is 0.0446. The van der Waals surface area contributed by atoms with Crippen molar-refractivity contribution < 1.29 is 5.11 Å². The molecule has 1 aliphatic rings. The number of anilines is 1. The molecule has 0 aromatic carbocycles. The molecule has 1 aromatic rings. The normalized spacial score (nSPS) is 30.7. The second-order valence-electron chi connectivity index (χ2n) is 4.84. The van der Waals surface area contributed by atoms with Crippen LogP contribution in [-0.2, 0) is 6.42 Å². The van der Waals surface area contributed by atoms with Gasteiger partial charge in [-0.1, -0.05) is 6.92 Å². The molecule has 0 radical (unpaired) electrons. The quantitative estimate of drug-likeness (QED) is 0.775. The minimum Gasteiger partial charge on any atom is -0.390 e. The van der Waals surface area contributed by atoms with Crippen molar-refractivity contribution in [2.45, 2.75) is 38.2 Å². The van der Waals surface area contributed by atoms with Crippen LogP contribution in [0.2, 0.25) is 0 Å². The highest BCUT2D eigenvalue weighted by Gasteiger charge is 2.35. The minimum absolute atomic E-state index is 0.521.